The quantitative estimate of drug-likeness (QED) is 0.715. The van der Waals surface area contributed by atoms with E-state index in [2.05, 4.69) is 15.1 Å². The highest BCUT2D eigenvalue weighted by atomic mass is 35.5. The minimum absolute atomic E-state index is 0.0705. The second-order valence-corrected chi connectivity index (χ2v) is 7.44. The monoisotopic (exact) mass is 399 g/mol. The van der Waals surface area contributed by atoms with Crippen LogP contribution in [-0.2, 0) is 17.8 Å². The molecule has 3 heterocycles. The number of aromatic amines is 1. The Bertz CT molecular complexity index is 965. The number of halogens is 1. The molecule has 0 bridgehead atoms. The second kappa shape index (κ2) is 7.67. The SMILES string of the molecule is COc1ccc([C@@H]2c3nc[nH]c3CCN2C(=O)[C@@H](C)Cn2cc(Cl)cn2)cc1. The van der Waals surface area contributed by atoms with Crippen molar-refractivity contribution in [2.24, 2.45) is 5.92 Å². The lowest BCUT2D eigenvalue weighted by molar-refractivity contribution is -0.137. The van der Waals surface area contributed by atoms with Crippen LogP contribution in [0.15, 0.2) is 43.0 Å². The normalized spacial score (nSPS) is 17.2. The van der Waals surface area contributed by atoms with Gasteiger partial charge in [0.1, 0.15) is 11.8 Å². The average Bonchev–Trinajstić information content (AvgIpc) is 3.35. The van der Waals surface area contributed by atoms with Crippen molar-refractivity contribution in [1.82, 2.24) is 24.6 Å². The minimum atomic E-state index is -0.239. The van der Waals surface area contributed by atoms with Crippen LogP contribution in [0.2, 0.25) is 5.02 Å². The van der Waals surface area contributed by atoms with Gasteiger partial charge in [-0.3, -0.25) is 9.48 Å². The maximum Gasteiger partial charge on any atom is 0.228 e. The van der Waals surface area contributed by atoms with Crippen molar-refractivity contribution in [2.75, 3.05) is 13.7 Å². The lowest BCUT2D eigenvalue weighted by Crippen LogP contribution is -2.44. The molecule has 1 aliphatic rings. The fourth-order valence-corrected chi connectivity index (χ4v) is 3.87. The first-order valence-corrected chi connectivity index (χ1v) is 9.59. The maximum atomic E-state index is 13.3. The van der Waals surface area contributed by atoms with Gasteiger partial charge in [-0.1, -0.05) is 30.7 Å². The summed E-state index contributed by atoms with van der Waals surface area (Å²) in [6, 6.07) is 7.58. The van der Waals surface area contributed by atoms with E-state index in [-0.39, 0.29) is 17.9 Å². The zero-order valence-electron chi connectivity index (χ0n) is 15.8. The standard InChI is InChI=1S/C20H22ClN5O2/c1-13(10-25-11-15(21)9-24-25)20(27)26-8-7-17-18(23-12-22-17)19(26)14-3-5-16(28-2)6-4-14/h3-6,9,11-13,19H,7-8,10H2,1-2H3,(H,22,23)/t13-,19+/m0/s1. The summed E-state index contributed by atoms with van der Waals surface area (Å²) in [6.07, 6.45) is 5.77. The number of imidazole rings is 1. The van der Waals surface area contributed by atoms with Crippen LogP contribution in [0.4, 0.5) is 0 Å². The summed E-state index contributed by atoms with van der Waals surface area (Å²) < 4.78 is 6.97. The highest BCUT2D eigenvalue weighted by molar-refractivity contribution is 6.30. The molecule has 4 rings (SSSR count). The van der Waals surface area contributed by atoms with E-state index < -0.39 is 0 Å². The number of hydrogen-bond donors (Lipinski definition) is 1. The van der Waals surface area contributed by atoms with E-state index in [1.807, 2.05) is 36.1 Å². The Kier molecular flexibility index (Phi) is 5.09. The molecule has 0 radical (unpaired) electrons. The third-order valence-electron chi connectivity index (χ3n) is 5.12. The zero-order valence-corrected chi connectivity index (χ0v) is 16.6. The molecule has 1 N–H and O–H groups in total. The maximum absolute atomic E-state index is 13.3. The van der Waals surface area contributed by atoms with Gasteiger partial charge in [-0.05, 0) is 17.7 Å². The fourth-order valence-electron chi connectivity index (χ4n) is 3.72. The zero-order chi connectivity index (χ0) is 19.7. The molecule has 2 aromatic heterocycles. The lowest BCUT2D eigenvalue weighted by Gasteiger charge is -2.37. The number of rotatable bonds is 5. The number of H-pyrrole nitrogens is 1. The molecule has 0 aliphatic carbocycles. The number of hydrogen-bond acceptors (Lipinski definition) is 4. The molecule has 3 aromatic rings. The van der Waals surface area contributed by atoms with Gasteiger partial charge >= 0.3 is 0 Å². The molecule has 1 aliphatic heterocycles. The Balaban J connectivity index is 1.62. The van der Waals surface area contributed by atoms with Gasteiger partial charge in [0.2, 0.25) is 5.91 Å². The Hall–Kier alpha value is -2.80. The number of benzene rings is 1. The molecule has 0 saturated carbocycles. The van der Waals surface area contributed by atoms with Crippen molar-refractivity contribution in [3.63, 3.8) is 0 Å². The summed E-state index contributed by atoms with van der Waals surface area (Å²) in [7, 11) is 1.64. The molecule has 0 spiro atoms. The topological polar surface area (TPSA) is 76.0 Å². The number of carbonyl (C=O) groups excluding carboxylic acids is 1. The van der Waals surface area contributed by atoms with E-state index in [9.17, 15) is 4.79 Å². The molecule has 0 unspecified atom stereocenters. The summed E-state index contributed by atoms with van der Waals surface area (Å²) >= 11 is 5.94. The third-order valence-corrected chi connectivity index (χ3v) is 5.32. The lowest BCUT2D eigenvalue weighted by atomic mass is 9.94. The summed E-state index contributed by atoms with van der Waals surface area (Å²) in [5, 5.41) is 4.75. The molecule has 8 heteroatoms. The molecule has 1 amide bonds. The number of nitrogens with zero attached hydrogens (tertiary/aromatic N) is 4. The van der Waals surface area contributed by atoms with Crippen LogP contribution in [0.25, 0.3) is 0 Å². The molecule has 0 fully saturated rings. The van der Waals surface area contributed by atoms with Crippen molar-refractivity contribution in [3.05, 3.63) is 65.0 Å². The number of ether oxygens (including phenoxy) is 1. The van der Waals surface area contributed by atoms with Gasteiger partial charge in [0.15, 0.2) is 0 Å². The number of fused-ring (bicyclic) bond motifs is 1. The highest BCUT2D eigenvalue weighted by Crippen LogP contribution is 2.35. The Morgan fingerprint density at radius 1 is 1.39 bits per heavy atom. The van der Waals surface area contributed by atoms with Gasteiger partial charge in [-0.25, -0.2) is 4.98 Å². The summed E-state index contributed by atoms with van der Waals surface area (Å²) in [4.78, 5) is 23.0. The predicted octanol–water partition coefficient (Wildman–Crippen LogP) is 3.08. The van der Waals surface area contributed by atoms with Crippen molar-refractivity contribution in [3.8, 4) is 5.75 Å². The number of carbonyl (C=O) groups is 1. The van der Waals surface area contributed by atoms with Gasteiger partial charge < -0.3 is 14.6 Å². The van der Waals surface area contributed by atoms with Crippen LogP contribution < -0.4 is 4.74 Å². The molecule has 28 heavy (non-hydrogen) atoms. The van der Waals surface area contributed by atoms with E-state index in [1.165, 1.54) is 0 Å². The molecule has 2 atom stereocenters. The Morgan fingerprint density at radius 2 is 2.18 bits per heavy atom. The van der Waals surface area contributed by atoms with Gasteiger partial charge in [0.05, 0.1) is 42.8 Å². The van der Waals surface area contributed by atoms with Crippen LogP contribution in [-0.4, -0.2) is 44.2 Å². The first-order valence-electron chi connectivity index (χ1n) is 9.21. The predicted molar refractivity (Wildman–Crippen MR) is 105 cm³/mol. The number of nitrogens with one attached hydrogen (secondary N) is 1. The number of aromatic nitrogens is 4. The van der Waals surface area contributed by atoms with E-state index >= 15 is 0 Å². The average molecular weight is 400 g/mol. The summed E-state index contributed by atoms with van der Waals surface area (Å²) in [6.45, 7) is 3.03. The molecule has 1 aromatic carbocycles. The number of methoxy groups -OCH3 is 1. The van der Waals surface area contributed by atoms with E-state index in [1.54, 1.807) is 30.5 Å². The van der Waals surface area contributed by atoms with Gasteiger partial charge in [-0.15, -0.1) is 0 Å². The summed E-state index contributed by atoms with van der Waals surface area (Å²) in [5.74, 6) is 0.613. The molecular formula is C20H22ClN5O2. The van der Waals surface area contributed by atoms with Crippen LogP contribution in [0.1, 0.15) is 29.9 Å². The van der Waals surface area contributed by atoms with E-state index in [4.69, 9.17) is 16.3 Å². The molecule has 0 saturated heterocycles. The first kappa shape index (κ1) is 18.6. The second-order valence-electron chi connectivity index (χ2n) is 7.01. The minimum Gasteiger partial charge on any atom is -0.497 e. The molecule has 146 valence electrons. The smallest absolute Gasteiger partial charge is 0.228 e. The van der Waals surface area contributed by atoms with Crippen molar-refractivity contribution in [2.45, 2.75) is 25.9 Å². The summed E-state index contributed by atoms with van der Waals surface area (Å²) in [5.41, 5.74) is 2.99. The van der Waals surface area contributed by atoms with Crippen molar-refractivity contribution < 1.29 is 9.53 Å². The molecular weight excluding hydrogens is 378 g/mol. The Morgan fingerprint density at radius 3 is 2.86 bits per heavy atom. The molecule has 7 nitrogen and oxygen atoms in total. The highest BCUT2D eigenvalue weighted by Gasteiger charge is 2.35. The van der Waals surface area contributed by atoms with Crippen LogP contribution in [0.5, 0.6) is 5.75 Å². The van der Waals surface area contributed by atoms with E-state index in [0.29, 0.717) is 18.1 Å². The first-order chi connectivity index (χ1) is 13.6. The van der Waals surface area contributed by atoms with Crippen LogP contribution in [0, 0.1) is 5.92 Å². The number of amides is 1. The van der Waals surface area contributed by atoms with E-state index in [0.717, 1.165) is 29.1 Å². The Labute approximate surface area is 168 Å². The third kappa shape index (κ3) is 3.49. The van der Waals surface area contributed by atoms with Crippen LogP contribution >= 0.6 is 11.6 Å². The van der Waals surface area contributed by atoms with Gasteiger partial charge in [-0.2, -0.15) is 5.10 Å². The van der Waals surface area contributed by atoms with Gasteiger partial charge in [0, 0.05) is 24.9 Å². The van der Waals surface area contributed by atoms with Crippen LogP contribution in [0.3, 0.4) is 0 Å². The largest absolute Gasteiger partial charge is 0.497 e. The van der Waals surface area contributed by atoms with Gasteiger partial charge in [0.25, 0.3) is 0 Å². The fraction of sp³-hybridized carbons (Fsp3) is 0.350. The van der Waals surface area contributed by atoms with Crippen molar-refractivity contribution in [1.29, 1.82) is 0 Å². The van der Waals surface area contributed by atoms with Crippen molar-refractivity contribution >= 4 is 17.5 Å².